The average Bonchev–Trinajstić information content (AvgIpc) is 2.48. The molecule has 2 aromatic carbocycles. The molecule has 0 saturated carbocycles. The van der Waals surface area contributed by atoms with E-state index in [2.05, 4.69) is 53.4 Å². The molecule has 0 aromatic heterocycles. The molecule has 0 amide bonds. The highest BCUT2D eigenvalue weighted by Gasteiger charge is 2.22. The van der Waals surface area contributed by atoms with Crippen LogP contribution >= 0.6 is 0 Å². The van der Waals surface area contributed by atoms with Gasteiger partial charge in [0.05, 0.1) is 12.1 Å². The molecule has 1 atom stereocenters. The maximum absolute atomic E-state index is 9.26. The maximum Gasteiger partial charge on any atom is 0.0980 e. The Balaban J connectivity index is 1.91. The van der Waals surface area contributed by atoms with E-state index >= 15 is 0 Å². The molecule has 0 aliphatic carbocycles. The Morgan fingerprint density at radius 3 is 2.84 bits per heavy atom. The number of nitrogens with zero attached hydrogens (tertiary/aromatic N) is 2. The second-order valence-electron chi connectivity index (χ2n) is 5.25. The Kier molecular flexibility index (Phi) is 3.48. The molecule has 0 bridgehead atoms. The molecule has 1 aliphatic heterocycles. The van der Waals surface area contributed by atoms with E-state index in [1.807, 2.05) is 0 Å². The third-order valence-electron chi connectivity index (χ3n) is 4.02. The molecule has 0 radical (unpaired) electrons. The van der Waals surface area contributed by atoms with Gasteiger partial charge in [-0.3, -0.25) is 4.90 Å². The molecule has 2 aromatic rings. The molecule has 0 N–H and O–H groups in total. The van der Waals surface area contributed by atoms with Crippen molar-refractivity contribution in [2.45, 2.75) is 31.8 Å². The van der Waals surface area contributed by atoms with E-state index in [0.29, 0.717) is 0 Å². The second kappa shape index (κ2) is 5.42. The summed E-state index contributed by atoms with van der Waals surface area (Å²) in [6, 6.07) is 17.5. The Morgan fingerprint density at radius 1 is 1.11 bits per heavy atom. The van der Waals surface area contributed by atoms with E-state index in [1.54, 1.807) is 0 Å². The molecule has 3 rings (SSSR count). The Labute approximate surface area is 114 Å². The van der Waals surface area contributed by atoms with Gasteiger partial charge in [0.15, 0.2) is 0 Å². The Bertz CT molecular complexity index is 607. The lowest BCUT2D eigenvalue weighted by Gasteiger charge is -2.31. The highest BCUT2D eigenvalue weighted by Crippen LogP contribution is 2.23. The molecule has 0 spiro atoms. The van der Waals surface area contributed by atoms with Gasteiger partial charge in [0, 0.05) is 6.54 Å². The number of piperidine rings is 1. The van der Waals surface area contributed by atoms with Gasteiger partial charge in [-0.1, -0.05) is 42.5 Å². The third kappa shape index (κ3) is 2.47. The summed E-state index contributed by atoms with van der Waals surface area (Å²) in [7, 11) is 0. The smallest absolute Gasteiger partial charge is 0.0980 e. The predicted molar refractivity (Wildman–Crippen MR) is 77.6 cm³/mol. The summed E-state index contributed by atoms with van der Waals surface area (Å²) >= 11 is 0. The summed E-state index contributed by atoms with van der Waals surface area (Å²) in [6.07, 6.45) is 3.41. The van der Waals surface area contributed by atoms with Crippen molar-refractivity contribution in [3.8, 4) is 6.07 Å². The summed E-state index contributed by atoms with van der Waals surface area (Å²) in [6.45, 7) is 1.93. The van der Waals surface area contributed by atoms with Crippen LogP contribution in [-0.4, -0.2) is 17.5 Å². The molecule has 1 heterocycles. The van der Waals surface area contributed by atoms with E-state index in [9.17, 15) is 5.26 Å². The van der Waals surface area contributed by atoms with E-state index in [4.69, 9.17) is 0 Å². The van der Waals surface area contributed by atoms with Crippen LogP contribution in [0.2, 0.25) is 0 Å². The molecule has 2 nitrogen and oxygen atoms in total. The fraction of sp³-hybridized carbons (Fsp3) is 0.353. The van der Waals surface area contributed by atoms with Crippen LogP contribution in [0.3, 0.4) is 0 Å². The third-order valence-corrected chi connectivity index (χ3v) is 4.02. The minimum absolute atomic E-state index is 0.0905. The zero-order valence-electron chi connectivity index (χ0n) is 11.0. The normalized spacial score (nSPS) is 20.3. The van der Waals surface area contributed by atoms with Crippen LogP contribution in [0.1, 0.15) is 24.8 Å². The second-order valence-corrected chi connectivity index (χ2v) is 5.25. The quantitative estimate of drug-likeness (QED) is 0.812. The summed E-state index contributed by atoms with van der Waals surface area (Å²) in [5.41, 5.74) is 1.33. The number of hydrogen-bond donors (Lipinski definition) is 0. The van der Waals surface area contributed by atoms with Crippen molar-refractivity contribution in [3.05, 3.63) is 48.0 Å². The first-order chi connectivity index (χ1) is 9.38. The van der Waals surface area contributed by atoms with Crippen molar-refractivity contribution in [1.29, 1.82) is 5.26 Å². The lowest BCUT2D eigenvalue weighted by molar-refractivity contribution is 0.177. The highest BCUT2D eigenvalue weighted by atomic mass is 15.2. The first kappa shape index (κ1) is 12.2. The fourth-order valence-electron chi connectivity index (χ4n) is 2.98. The molecule has 1 aliphatic rings. The molecule has 19 heavy (non-hydrogen) atoms. The minimum Gasteiger partial charge on any atom is -0.284 e. The molecular formula is C17H18N2. The van der Waals surface area contributed by atoms with E-state index in [1.165, 1.54) is 29.2 Å². The lowest BCUT2D eigenvalue weighted by atomic mass is 10.00. The van der Waals surface area contributed by atoms with Crippen molar-refractivity contribution in [2.24, 2.45) is 0 Å². The standard InChI is InChI=1S/C17H18N2/c18-12-16-9-3-4-11-19(16)13-15-8-5-7-14-6-1-2-10-17(14)15/h1-2,5-8,10,16H,3-4,9,11,13H2. The van der Waals surface area contributed by atoms with Crippen LogP contribution in [-0.2, 0) is 6.54 Å². The van der Waals surface area contributed by atoms with Crippen LogP contribution < -0.4 is 0 Å². The predicted octanol–water partition coefficient (Wildman–Crippen LogP) is 3.72. The molecule has 96 valence electrons. The highest BCUT2D eigenvalue weighted by molar-refractivity contribution is 5.85. The molecule has 1 unspecified atom stereocenters. The summed E-state index contributed by atoms with van der Waals surface area (Å²) in [5.74, 6) is 0. The minimum atomic E-state index is 0.0905. The number of nitriles is 1. The van der Waals surface area contributed by atoms with Gasteiger partial charge in [-0.2, -0.15) is 5.26 Å². The largest absolute Gasteiger partial charge is 0.284 e. The average molecular weight is 250 g/mol. The number of benzene rings is 2. The first-order valence-electron chi connectivity index (χ1n) is 6.99. The van der Waals surface area contributed by atoms with Gasteiger partial charge in [-0.15, -0.1) is 0 Å². The zero-order valence-corrected chi connectivity index (χ0v) is 11.0. The van der Waals surface area contributed by atoms with Gasteiger partial charge >= 0.3 is 0 Å². The van der Waals surface area contributed by atoms with E-state index < -0.39 is 0 Å². The Hall–Kier alpha value is -1.85. The molecule has 1 fully saturated rings. The van der Waals surface area contributed by atoms with Crippen molar-refractivity contribution >= 4 is 10.8 Å². The van der Waals surface area contributed by atoms with Gasteiger partial charge in [0.25, 0.3) is 0 Å². The summed E-state index contributed by atoms with van der Waals surface area (Å²) in [5, 5.41) is 11.9. The first-order valence-corrected chi connectivity index (χ1v) is 6.99. The number of hydrogen-bond acceptors (Lipinski definition) is 2. The topological polar surface area (TPSA) is 27.0 Å². The zero-order chi connectivity index (χ0) is 13.1. The van der Waals surface area contributed by atoms with Crippen LogP contribution in [0, 0.1) is 11.3 Å². The van der Waals surface area contributed by atoms with E-state index in [-0.39, 0.29) is 6.04 Å². The number of rotatable bonds is 2. The van der Waals surface area contributed by atoms with Crippen molar-refractivity contribution in [1.82, 2.24) is 4.90 Å². The van der Waals surface area contributed by atoms with Gasteiger partial charge in [-0.25, -0.2) is 0 Å². The lowest BCUT2D eigenvalue weighted by Crippen LogP contribution is -2.37. The van der Waals surface area contributed by atoms with Gasteiger partial charge in [0.1, 0.15) is 0 Å². The number of likely N-dealkylation sites (tertiary alicyclic amines) is 1. The van der Waals surface area contributed by atoms with E-state index in [0.717, 1.165) is 19.5 Å². The maximum atomic E-state index is 9.26. The van der Waals surface area contributed by atoms with Gasteiger partial charge in [0.2, 0.25) is 0 Å². The molecular weight excluding hydrogens is 232 g/mol. The SMILES string of the molecule is N#CC1CCCCN1Cc1cccc2ccccc12. The van der Waals surface area contributed by atoms with Gasteiger partial charge < -0.3 is 0 Å². The van der Waals surface area contributed by atoms with Crippen LogP contribution in [0.4, 0.5) is 0 Å². The summed E-state index contributed by atoms with van der Waals surface area (Å²) in [4.78, 5) is 2.32. The van der Waals surface area contributed by atoms with Gasteiger partial charge in [-0.05, 0) is 42.1 Å². The summed E-state index contributed by atoms with van der Waals surface area (Å²) < 4.78 is 0. The van der Waals surface area contributed by atoms with Crippen LogP contribution in [0.15, 0.2) is 42.5 Å². The van der Waals surface area contributed by atoms with Crippen LogP contribution in [0.5, 0.6) is 0 Å². The monoisotopic (exact) mass is 250 g/mol. The van der Waals surface area contributed by atoms with Crippen molar-refractivity contribution in [3.63, 3.8) is 0 Å². The van der Waals surface area contributed by atoms with Crippen molar-refractivity contribution in [2.75, 3.05) is 6.54 Å². The van der Waals surface area contributed by atoms with Crippen molar-refractivity contribution < 1.29 is 0 Å². The Morgan fingerprint density at radius 2 is 1.95 bits per heavy atom. The number of fused-ring (bicyclic) bond motifs is 1. The molecule has 1 saturated heterocycles. The fourth-order valence-corrected chi connectivity index (χ4v) is 2.98. The molecule has 2 heteroatoms. The van der Waals surface area contributed by atoms with Crippen LogP contribution in [0.25, 0.3) is 10.8 Å².